The van der Waals surface area contributed by atoms with Crippen LogP contribution in [0, 0.1) is 5.41 Å². The Morgan fingerprint density at radius 2 is 1.19 bits per heavy atom. The van der Waals surface area contributed by atoms with E-state index in [1.54, 1.807) is 13.8 Å². The molecule has 0 aromatic heterocycles. The van der Waals surface area contributed by atoms with E-state index in [1.165, 1.54) is 6.92 Å². The summed E-state index contributed by atoms with van der Waals surface area (Å²) in [5, 5.41) is 0. The summed E-state index contributed by atoms with van der Waals surface area (Å²) in [5.74, 6) is 0. The van der Waals surface area contributed by atoms with E-state index in [0.717, 1.165) is 0 Å². The third-order valence-corrected chi connectivity index (χ3v) is 2.72. The Labute approximate surface area is 90.3 Å². The molecular formula is C10H14F6. The maximum absolute atomic E-state index is 12.2. The van der Waals surface area contributed by atoms with Gasteiger partial charge in [-0.1, -0.05) is 26.8 Å². The summed E-state index contributed by atoms with van der Waals surface area (Å²) >= 11 is 0. The Morgan fingerprint density at radius 3 is 1.38 bits per heavy atom. The minimum absolute atomic E-state index is 0.221. The molecule has 0 N–H and O–H groups in total. The molecule has 16 heavy (non-hydrogen) atoms. The first-order valence-corrected chi connectivity index (χ1v) is 4.83. The fourth-order valence-electron chi connectivity index (χ4n) is 1.13. The van der Waals surface area contributed by atoms with Gasteiger partial charge in [-0.05, 0) is 18.3 Å². The summed E-state index contributed by atoms with van der Waals surface area (Å²) in [6.07, 6.45) is -9.97. The minimum atomic E-state index is -5.36. The summed E-state index contributed by atoms with van der Waals surface area (Å²) in [6, 6.07) is 0. The second kappa shape index (κ2) is 4.67. The number of hydrogen-bond acceptors (Lipinski definition) is 0. The molecule has 0 rings (SSSR count). The van der Waals surface area contributed by atoms with Crippen LogP contribution in [0.3, 0.4) is 0 Å². The molecule has 0 aliphatic rings. The predicted molar refractivity (Wildman–Crippen MR) is 48.9 cm³/mol. The van der Waals surface area contributed by atoms with Crippen LogP contribution in [0.5, 0.6) is 0 Å². The van der Waals surface area contributed by atoms with E-state index in [-0.39, 0.29) is 12.8 Å². The van der Waals surface area contributed by atoms with Crippen LogP contribution in [0.15, 0.2) is 11.6 Å². The Kier molecular flexibility index (Phi) is 4.47. The lowest BCUT2D eigenvalue weighted by molar-refractivity contribution is -0.173. The first kappa shape index (κ1) is 15.3. The van der Waals surface area contributed by atoms with E-state index in [0.29, 0.717) is 6.08 Å². The Balaban J connectivity index is 5.45. The molecule has 0 aromatic rings. The van der Waals surface area contributed by atoms with Crippen molar-refractivity contribution >= 4 is 0 Å². The predicted octanol–water partition coefficient (Wildman–Crippen LogP) is 4.86. The summed E-state index contributed by atoms with van der Waals surface area (Å²) in [7, 11) is 0. The van der Waals surface area contributed by atoms with Gasteiger partial charge in [0, 0.05) is 0 Å². The van der Waals surface area contributed by atoms with Gasteiger partial charge in [0.1, 0.15) is 5.57 Å². The Morgan fingerprint density at radius 1 is 0.875 bits per heavy atom. The van der Waals surface area contributed by atoms with Crippen LogP contribution in [-0.2, 0) is 0 Å². The first-order chi connectivity index (χ1) is 6.96. The number of allylic oxidation sites excluding steroid dienone is 2. The second-order valence-corrected chi connectivity index (χ2v) is 3.91. The topological polar surface area (TPSA) is 0 Å². The van der Waals surface area contributed by atoms with Crippen LogP contribution in [-0.4, -0.2) is 12.4 Å². The number of hydrogen-bond donors (Lipinski definition) is 0. The van der Waals surface area contributed by atoms with Crippen molar-refractivity contribution in [3.8, 4) is 0 Å². The van der Waals surface area contributed by atoms with Gasteiger partial charge in [-0.2, -0.15) is 26.3 Å². The van der Waals surface area contributed by atoms with Gasteiger partial charge in [-0.25, -0.2) is 0 Å². The third kappa shape index (κ3) is 4.06. The van der Waals surface area contributed by atoms with Crippen LogP contribution >= 0.6 is 0 Å². The Bertz CT molecular complexity index is 237. The largest absolute Gasteiger partial charge is 0.421 e. The van der Waals surface area contributed by atoms with Crippen molar-refractivity contribution in [3.05, 3.63) is 11.6 Å². The molecule has 0 amide bonds. The van der Waals surface area contributed by atoms with E-state index < -0.39 is 23.3 Å². The number of rotatable bonds is 3. The highest BCUT2D eigenvalue weighted by atomic mass is 19.4. The van der Waals surface area contributed by atoms with E-state index in [1.807, 2.05) is 0 Å². The lowest BCUT2D eigenvalue weighted by Crippen LogP contribution is -2.28. The molecule has 0 aromatic carbocycles. The lowest BCUT2D eigenvalue weighted by Gasteiger charge is -2.25. The molecule has 0 fully saturated rings. The Hall–Kier alpha value is -0.680. The molecule has 0 bridgehead atoms. The highest BCUT2D eigenvalue weighted by Gasteiger charge is 2.51. The molecular weight excluding hydrogens is 234 g/mol. The van der Waals surface area contributed by atoms with Gasteiger partial charge in [0.2, 0.25) is 0 Å². The van der Waals surface area contributed by atoms with Crippen molar-refractivity contribution in [2.75, 3.05) is 0 Å². The second-order valence-electron chi connectivity index (χ2n) is 3.91. The molecule has 0 radical (unpaired) electrons. The fraction of sp³-hybridized carbons (Fsp3) is 0.800. The van der Waals surface area contributed by atoms with Gasteiger partial charge in [0.15, 0.2) is 0 Å². The summed E-state index contributed by atoms with van der Waals surface area (Å²) in [4.78, 5) is 0. The maximum Gasteiger partial charge on any atom is 0.421 e. The molecule has 0 saturated heterocycles. The van der Waals surface area contributed by atoms with Crippen molar-refractivity contribution in [1.82, 2.24) is 0 Å². The van der Waals surface area contributed by atoms with Crippen molar-refractivity contribution in [2.45, 2.75) is 46.0 Å². The molecule has 0 aliphatic heterocycles. The average molecular weight is 248 g/mol. The van der Waals surface area contributed by atoms with Crippen LogP contribution in [0.2, 0.25) is 0 Å². The normalized spacial score (nSPS) is 13.8. The molecule has 0 heterocycles. The smallest absolute Gasteiger partial charge is 0.166 e. The van der Waals surface area contributed by atoms with Gasteiger partial charge >= 0.3 is 12.4 Å². The average Bonchev–Trinajstić information content (AvgIpc) is 2.10. The zero-order chi connectivity index (χ0) is 13.2. The maximum atomic E-state index is 12.2. The molecule has 96 valence electrons. The number of halogens is 6. The molecule has 0 spiro atoms. The van der Waals surface area contributed by atoms with Crippen LogP contribution in [0.25, 0.3) is 0 Å². The van der Waals surface area contributed by atoms with Crippen LogP contribution in [0.4, 0.5) is 26.3 Å². The van der Waals surface area contributed by atoms with E-state index in [9.17, 15) is 26.3 Å². The van der Waals surface area contributed by atoms with Crippen molar-refractivity contribution in [1.29, 1.82) is 0 Å². The highest BCUT2D eigenvalue weighted by Crippen LogP contribution is 2.42. The summed E-state index contributed by atoms with van der Waals surface area (Å²) in [6.45, 7) is 4.50. The zero-order valence-corrected chi connectivity index (χ0v) is 9.26. The van der Waals surface area contributed by atoms with Gasteiger partial charge in [-0.15, -0.1) is 0 Å². The SMILES string of the molecule is CCC(C)(C=C(C(F)(F)F)C(F)(F)F)CC. The first-order valence-electron chi connectivity index (χ1n) is 4.83. The van der Waals surface area contributed by atoms with Crippen molar-refractivity contribution < 1.29 is 26.3 Å². The molecule has 0 saturated carbocycles. The molecule has 0 atom stereocenters. The van der Waals surface area contributed by atoms with Gasteiger partial charge in [0.05, 0.1) is 0 Å². The summed E-state index contributed by atoms with van der Waals surface area (Å²) in [5.41, 5.74) is -3.49. The van der Waals surface area contributed by atoms with Gasteiger partial charge in [-0.3, -0.25) is 0 Å². The monoisotopic (exact) mass is 248 g/mol. The molecule has 6 heteroatoms. The van der Waals surface area contributed by atoms with E-state index in [4.69, 9.17) is 0 Å². The van der Waals surface area contributed by atoms with Crippen LogP contribution < -0.4 is 0 Å². The third-order valence-electron chi connectivity index (χ3n) is 2.72. The van der Waals surface area contributed by atoms with Gasteiger partial charge < -0.3 is 0 Å². The van der Waals surface area contributed by atoms with Crippen molar-refractivity contribution in [2.24, 2.45) is 5.41 Å². The fourth-order valence-corrected chi connectivity index (χ4v) is 1.13. The van der Waals surface area contributed by atoms with E-state index in [2.05, 4.69) is 0 Å². The number of alkyl halides is 6. The quantitative estimate of drug-likeness (QED) is 0.494. The van der Waals surface area contributed by atoms with Gasteiger partial charge in [0.25, 0.3) is 0 Å². The van der Waals surface area contributed by atoms with E-state index >= 15 is 0 Å². The molecule has 0 nitrogen and oxygen atoms in total. The highest BCUT2D eigenvalue weighted by molar-refractivity contribution is 5.19. The van der Waals surface area contributed by atoms with Crippen molar-refractivity contribution in [3.63, 3.8) is 0 Å². The minimum Gasteiger partial charge on any atom is -0.166 e. The van der Waals surface area contributed by atoms with Crippen LogP contribution in [0.1, 0.15) is 33.6 Å². The lowest BCUT2D eigenvalue weighted by atomic mass is 9.82. The molecule has 0 aliphatic carbocycles. The summed E-state index contributed by atoms with van der Waals surface area (Å²) < 4.78 is 73.4. The molecule has 0 unspecified atom stereocenters. The zero-order valence-electron chi connectivity index (χ0n) is 9.26. The standard InChI is InChI=1S/C10H14F6/c1-4-8(3,5-2)6-7(9(11,12)13)10(14,15)16/h6H,4-5H2,1-3H3.